The number of unbranched alkanes of at least 4 members (excludes halogenated alkanes) is 3. The highest BCUT2D eigenvalue weighted by molar-refractivity contribution is 5.60. The molecule has 0 amide bonds. The normalized spacial score (nSPS) is 12.1. The van der Waals surface area contributed by atoms with Gasteiger partial charge >= 0.3 is 0 Å². The van der Waals surface area contributed by atoms with Gasteiger partial charge in [-0.25, -0.2) is 4.98 Å². The Balaban J connectivity index is 1.85. The van der Waals surface area contributed by atoms with E-state index < -0.39 is 0 Å². The zero-order chi connectivity index (χ0) is 19.8. The first kappa shape index (κ1) is 20.2. The fraction of sp³-hybridized carbons (Fsp3) is 0.375. The first-order valence-electron chi connectivity index (χ1n) is 10.2. The fourth-order valence-corrected chi connectivity index (χ4v) is 3.45. The second-order valence-electron chi connectivity index (χ2n) is 7.28. The first-order chi connectivity index (χ1) is 13.7. The van der Waals surface area contributed by atoms with Crippen molar-refractivity contribution in [3.05, 3.63) is 72.2 Å². The Labute approximate surface area is 168 Å². The summed E-state index contributed by atoms with van der Waals surface area (Å²) in [6, 6.07) is 18.4. The molecule has 2 N–H and O–H groups in total. The van der Waals surface area contributed by atoms with Crippen LogP contribution in [0.4, 0.5) is 0 Å². The third-order valence-corrected chi connectivity index (χ3v) is 5.09. The highest BCUT2D eigenvalue weighted by atomic mass is 16.5. The Hall–Kier alpha value is -2.59. The third-order valence-electron chi connectivity index (χ3n) is 5.09. The van der Waals surface area contributed by atoms with Crippen molar-refractivity contribution >= 4 is 0 Å². The third kappa shape index (κ3) is 5.23. The van der Waals surface area contributed by atoms with Crippen LogP contribution >= 0.6 is 0 Å². The van der Waals surface area contributed by atoms with Crippen LogP contribution in [-0.4, -0.2) is 16.7 Å². The molecule has 3 aromatic rings. The molecule has 0 aliphatic carbocycles. The Kier molecular flexibility index (Phi) is 7.26. The molecule has 28 heavy (non-hydrogen) atoms. The highest BCUT2D eigenvalue weighted by Crippen LogP contribution is 2.26. The largest absolute Gasteiger partial charge is 0.497 e. The van der Waals surface area contributed by atoms with Gasteiger partial charge in [-0.05, 0) is 36.2 Å². The number of hydrogen-bond donors (Lipinski definition) is 1. The van der Waals surface area contributed by atoms with Crippen molar-refractivity contribution < 1.29 is 4.74 Å². The lowest BCUT2D eigenvalue weighted by Gasteiger charge is -2.14. The van der Waals surface area contributed by atoms with Gasteiger partial charge < -0.3 is 15.0 Å². The van der Waals surface area contributed by atoms with E-state index in [1.807, 2.05) is 30.3 Å². The molecule has 3 rings (SSSR count). The molecule has 1 unspecified atom stereocenters. The Morgan fingerprint density at radius 3 is 2.43 bits per heavy atom. The molecule has 0 bridgehead atoms. The molecule has 0 radical (unpaired) electrons. The lowest BCUT2D eigenvalue weighted by molar-refractivity contribution is 0.415. The van der Waals surface area contributed by atoms with Crippen molar-refractivity contribution in [1.29, 1.82) is 0 Å². The fourth-order valence-electron chi connectivity index (χ4n) is 3.45. The molecule has 2 aromatic carbocycles. The molecule has 0 aliphatic rings. The average molecular weight is 378 g/mol. The molecule has 0 saturated carbocycles. The van der Waals surface area contributed by atoms with Crippen LogP contribution in [0.1, 0.15) is 56.5 Å². The van der Waals surface area contributed by atoms with Crippen LogP contribution in [0.5, 0.6) is 5.75 Å². The number of aromatic nitrogens is 2. The summed E-state index contributed by atoms with van der Waals surface area (Å²) >= 11 is 0. The average Bonchev–Trinajstić information content (AvgIpc) is 3.15. The quantitative estimate of drug-likeness (QED) is 0.469. The van der Waals surface area contributed by atoms with Crippen molar-refractivity contribution in [3.8, 4) is 17.0 Å². The van der Waals surface area contributed by atoms with Crippen LogP contribution in [0, 0.1) is 0 Å². The highest BCUT2D eigenvalue weighted by Gasteiger charge is 2.16. The first-order valence-corrected chi connectivity index (χ1v) is 10.2. The Morgan fingerprint density at radius 2 is 1.75 bits per heavy atom. The maximum atomic E-state index is 6.57. The van der Waals surface area contributed by atoms with Gasteiger partial charge in [0.1, 0.15) is 11.6 Å². The smallest absolute Gasteiger partial charge is 0.126 e. The van der Waals surface area contributed by atoms with E-state index in [-0.39, 0.29) is 6.04 Å². The summed E-state index contributed by atoms with van der Waals surface area (Å²) in [7, 11) is 1.68. The van der Waals surface area contributed by atoms with Crippen molar-refractivity contribution in [2.24, 2.45) is 5.73 Å². The monoisotopic (exact) mass is 377 g/mol. The SMILES string of the molecule is CCCCCCC(N)c1nc(-c2ccc(OC)cc2)cn1Cc1ccccc1. The molecule has 148 valence electrons. The molecule has 1 heterocycles. The number of rotatable bonds is 10. The minimum Gasteiger partial charge on any atom is -0.497 e. The summed E-state index contributed by atoms with van der Waals surface area (Å²) in [5.74, 6) is 1.81. The lowest BCUT2D eigenvalue weighted by atomic mass is 10.1. The van der Waals surface area contributed by atoms with Crippen LogP contribution in [0.15, 0.2) is 60.8 Å². The zero-order valence-corrected chi connectivity index (χ0v) is 17.0. The van der Waals surface area contributed by atoms with Crippen molar-refractivity contribution in [2.45, 2.75) is 51.6 Å². The number of nitrogens with zero attached hydrogens (tertiary/aromatic N) is 2. The maximum absolute atomic E-state index is 6.57. The number of nitrogens with two attached hydrogens (primary N) is 1. The predicted octanol–water partition coefficient (Wildman–Crippen LogP) is 5.58. The van der Waals surface area contributed by atoms with E-state index in [1.165, 1.54) is 24.8 Å². The molecular formula is C24H31N3O. The van der Waals surface area contributed by atoms with Gasteiger partial charge in [-0.1, -0.05) is 62.9 Å². The summed E-state index contributed by atoms with van der Waals surface area (Å²) in [5.41, 5.74) is 9.85. The van der Waals surface area contributed by atoms with Gasteiger partial charge in [0.2, 0.25) is 0 Å². The van der Waals surface area contributed by atoms with E-state index in [2.05, 4.69) is 42.0 Å². The molecule has 0 aliphatic heterocycles. The van der Waals surface area contributed by atoms with E-state index >= 15 is 0 Å². The van der Waals surface area contributed by atoms with E-state index in [9.17, 15) is 0 Å². The van der Waals surface area contributed by atoms with Crippen LogP contribution < -0.4 is 10.5 Å². The number of methoxy groups -OCH3 is 1. The summed E-state index contributed by atoms with van der Waals surface area (Å²) in [5, 5.41) is 0. The van der Waals surface area contributed by atoms with E-state index in [0.29, 0.717) is 0 Å². The van der Waals surface area contributed by atoms with Crippen molar-refractivity contribution in [1.82, 2.24) is 9.55 Å². The van der Waals surface area contributed by atoms with Gasteiger partial charge in [-0.15, -0.1) is 0 Å². The van der Waals surface area contributed by atoms with Crippen LogP contribution in [0.2, 0.25) is 0 Å². The number of ether oxygens (including phenoxy) is 1. The van der Waals surface area contributed by atoms with Gasteiger partial charge in [0.15, 0.2) is 0 Å². The number of imidazole rings is 1. The van der Waals surface area contributed by atoms with E-state index in [0.717, 1.165) is 42.2 Å². The second-order valence-corrected chi connectivity index (χ2v) is 7.28. The zero-order valence-electron chi connectivity index (χ0n) is 17.0. The summed E-state index contributed by atoms with van der Waals surface area (Å²) in [4.78, 5) is 4.93. The second kappa shape index (κ2) is 10.1. The molecule has 0 fully saturated rings. The van der Waals surface area contributed by atoms with Crippen LogP contribution in [0.25, 0.3) is 11.3 Å². The molecule has 1 atom stereocenters. The molecule has 0 spiro atoms. The van der Waals surface area contributed by atoms with E-state index in [1.54, 1.807) is 7.11 Å². The Bertz CT molecular complexity index is 840. The molecule has 0 saturated heterocycles. The molecule has 4 nitrogen and oxygen atoms in total. The van der Waals surface area contributed by atoms with Gasteiger partial charge in [0.05, 0.1) is 18.8 Å². The summed E-state index contributed by atoms with van der Waals surface area (Å²) in [6.07, 6.45) is 7.96. The predicted molar refractivity (Wildman–Crippen MR) is 115 cm³/mol. The molecular weight excluding hydrogens is 346 g/mol. The summed E-state index contributed by atoms with van der Waals surface area (Å²) in [6.45, 7) is 3.01. The maximum Gasteiger partial charge on any atom is 0.126 e. The molecule has 4 heteroatoms. The lowest BCUT2D eigenvalue weighted by Crippen LogP contribution is -2.17. The number of benzene rings is 2. The van der Waals surface area contributed by atoms with Gasteiger partial charge in [0, 0.05) is 18.3 Å². The standard InChI is InChI=1S/C24H31N3O/c1-3-4-5-9-12-22(25)24-26-23(20-13-15-21(28-2)16-14-20)18-27(24)17-19-10-7-6-8-11-19/h6-8,10-11,13-16,18,22H,3-5,9,12,17,25H2,1-2H3. The van der Waals surface area contributed by atoms with Crippen LogP contribution in [0.3, 0.4) is 0 Å². The van der Waals surface area contributed by atoms with Crippen LogP contribution in [-0.2, 0) is 6.54 Å². The van der Waals surface area contributed by atoms with Crippen molar-refractivity contribution in [3.63, 3.8) is 0 Å². The minimum atomic E-state index is -0.0485. The Morgan fingerprint density at radius 1 is 1.00 bits per heavy atom. The summed E-state index contributed by atoms with van der Waals surface area (Å²) < 4.78 is 7.48. The molecule has 1 aromatic heterocycles. The topological polar surface area (TPSA) is 53.1 Å². The van der Waals surface area contributed by atoms with Gasteiger partial charge in [-0.2, -0.15) is 0 Å². The minimum absolute atomic E-state index is 0.0485. The van der Waals surface area contributed by atoms with Gasteiger partial charge in [0.25, 0.3) is 0 Å². The van der Waals surface area contributed by atoms with Crippen molar-refractivity contribution in [2.75, 3.05) is 7.11 Å². The van der Waals surface area contributed by atoms with E-state index in [4.69, 9.17) is 15.5 Å². The van der Waals surface area contributed by atoms with Gasteiger partial charge in [-0.3, -0.25) is 0 Å². The number of hydrogen-bond acceptors (Lipinski definition) is 3.